The summed E-state index contributed by atoms with van der Waals surface area (Å²) in [7, 11) is 1.91. The first kappa shape index (κ1) is 18.7. The van der Waals surface area contributed by atoms with Gasteiger partial charge in [-0.2, -0.15) is 0 Å². The Hall–Kier alpha value is -1.08. The molecule has 1 N–H and O–H groups in total. The fourth-order valence-electron chi connectivity index (χ4n) is 4.36. The molecule has 25 heavy (non-hydrogen) atoms. The lowest BCUT2D eigenvalue weighted by Crippen LogP contribution is -2.47. The second-order valence-corrected chi connectivity index (χ2v) is 9.52. The fourth-order valence-corrected chi connectivity index (χ4v) is 4.84. The minimum atomic E-state index is -0.933. The zero-order valence-corrected chi connectivity index (χ0v) is 17.1. The molecule has 2 atom stereocenters. The number of aliphatic hydroxyl groups is 1. The Kier molecular flexibility index (Phi) is 4.69. The number of hydrogen-bond donors (Lipinski definition) is 1. The van der Waals surface area contributed by atoms with Gasteiger partial charge in [0.1, 0.15) is 21.6 Å². The molecule has 0 radical (unpaired) electrons. The number of nitrogens with zero attached hydrogens (tertiary/aromatic N) is 3. The number of likely N-dealkylation sites (tertiary alicyclic amines) is 1. The zero-order valence-electron chi connectivity index (χ0n) is 15.5. The summed E-state index contributed by atoms with van der Waals surface area (Å²) in [5.41, 5.74) is -1.47. The van der Waals surface area contributed by atoms with Crippen molar-refractivity contribution in [3.8, 4) is 0 Å². The van der Waals surface area contributed by atoms with Crippen LogP contribution in [-0.4, -0.2) is 44.3 Å². The van der Waals surface area contributed by atoms with Crippen LogP contribution in [0.25, 0.3) is 0 Å². The van der Waals surface area contributed by atoms with E-state index in [1.165, 1.54) is 0 Å². The lowest BCUT2D eigenvalue weighted by atomic mass is 9.77. The Balaban J connectivity index is 1.75. The van der Waals surface area contributed by atoms with Gasteiger partial charge in [-0.1, -0.05) is 0 Å². The van der Waals surface area contributed by atoms with Crippen LogP contribution in [0.15, 0.2) is 10.8 Å². The molecule has 1 aromatic rings. The van der Waals surface area contributed by atoms with Gasteiger partial charge in [0.05, 0.1) is 0 Å². The van der Waals surface area contributed by atoms with Crippen molar-refractivity contribution in [3.63, 3.8) is 0 Å². The first-order valence-electron chi connectivity index (χ1n) is 8.92. The maximum absolute atomic E-state index is 12.5. The van der Waals surface area contributed by atoms with Gasteiger partial charge in [0, 0.05) is 26.3 Å². The van der Waals surface area contributed by atoms with Gasteiger partial charge in [-0.05, 0) is 74.2 Å². The van der Waals surface area contributed by atoms with Crippen molar-refractivity contribution in [2.75, 3.05) is 13.1 Å². The van der Waals surface area contributed by atoms with E-state index in [1.54, 1.807) is 0 Å². The molecule has 2 fully saturated rings. The number of piperidine rings is 1. The molecule has 1 spiro atoms. The molecule has 1 aliphatic heterocycles. The van der Waals surface area contributed by atoms with Gasteiger partial charge in [0.15, 0.2) is 0 Å². The smallest absolute Gasteiger partial charge is 0.410 e. The average molecular weight is 414 g/mol. The maximum atomic E-state index is 12.5. The number of carbonyl (C=O) groups excluding carboxylic acids is 1. The van der Waals surface area contributed by atoms with E-state index < -0.39 is 11.2 Å². The highest BCUT2D eigenvalue weighted by molar-refractivity contribution is 9.10. The topological polar surface area (TPSA) is 67.6 Å². The van der Waals surface area contributed by atoms with Crippen LogP contribution in [0.1, 0.15) is 58.7 Å². The van der Waals surface area contributed by atoms with Gasteiger partial charge in [-0.15, -0.1) is 0 Å². The number of rotatable bonds is 1. The molecule has 1 amide bonds. The van der Waals surface area contributed by atoms with E-state index in [0.29, 0.717) is 25.2 Å². The van der Waals surface area contributed by atoms with Gasteiger partial charge in [0.25, 0.3) is 0 Å². The highest BCUT2D eigenvalue weighted by Gasteiger charge is 2.52. The molecule has 3 rings (SSSR count). The Morgan fingerprint density at radius 1 is 1.36 bits per heavy atom. The standard InChI is InChI=1S/C18H28BrN3O3/c1-16(2,3)25-15(23)22-9-5-6-17(12-22)7-8-18(24,11-17)14-20-13(19)10-21(14)4/h10,24H,5-9,11-12H2,1-4H3. The van der Waals surface area contributed by atoms with Crippen LogP contribution in [-0.2, 0) is 17.4 Å². The van der Waals surface area contributed by atoms with Crippen molar-refractivity contribution in [3.05, 3.63) is 16.6 Å². The fraction of sp³-hybridized carbons (Fsp3) is 0.778. The highest BCUT2D eigenvalue weighted by Crippen LogP contribution is 2.53. The molecular weight excluding hydrogens is 386 g/mol. The Labute approximate surface area is 157 Å². The third-order valence-electron chi connectivity index (χ3n) is 5.31. The quantitative estimate of drug-likeness (QED) is 0.763. The Morgan fingerprint density at radius 3 is 2.68 bits per heavy atom. The van der Waals surface area contributed by atoms with E-state index in [2.05, 4.69) is 20.9 Å². The minimum absolute atomic E-state index is 0.0532. The van der Waals surface area contributed by atoms with Gasteiger partial charge in [-0.3, -0.25) is 0 Å². The zero-order chi connectivity index (χ0) is 18.5. The summed E-state index contributed by atoms with van der Waals surface area (Å²) in [6.45, 7) is 7.03. The largest absolute Gasteiger partial charge is 0.444 e. The summed E-state index contributed by atoms with van der Waals surface area (Å²) < 4.78 is 8.16. The van der Waals surface area contributed by atoms with E-state index in [9.17, 15) is 9.90 Å². The van der Waals surface area contributed by atoms with Crippen molar-refractivity contribution in [2.24, 2.45) is 12.5 Å². The van der Waals surface area contributed by atoms with E-state index >= 15 is 0 Å². The Morgan fingerprint density at radius 2 is 2.08 bits per heavy atom. The molecular formula is C18H28BrN3O3. The molecule has 0 aromatic carbocycles. The molecule has 2 unspecified atom stereocenters. The lowest BCUT2D eigenvalue weighted by Gasteiger charge is -2.41. The summed E-state index contributed by atoms with van der Waals surface area (Å²) in [6, 6.07) is 0. The number of hydrogen-bond acceptors (Lipinski definition) is 4. The number of aromatic nitrogens is 2. The van der Waals surface area contributed by atoms with Crippen molar-refractivity contribution in [2.45, 2.75) is 64.1 Å². The summed E-state index contributed by atoms with van der Waals surface area (Å²) in [5, 5.41) is 11.2. The summed E-state index contributed by atoms with van der Waals surface area (Å²) >= 11 is 3.39. The second kappa shape index (κ2) is 6.27. The second-order valence-electron chi connectivity index (χ2n) is 8.71. The molecule has 1 saturated heterocycles. The van der Waals surface area contributed by atoms with Gasteiger partial charge < -0.3 is 19.3 Å². The molecule has 7 heteroatoms. The lowest BCUT2D eigenvalue weighted by molar-refractivity contribution is -0.0126. The van der Waals surface area contributed by atoms with Crippen molar-refractivity contribution in [1.29, 1.82) is 0 Å². The molecule has 1 aromatic heterocycles. The van der Waals surface area contributed by atoms with Crippen LogP contribution in [0.3, 0.4) is 0 Å². The van der Waals surface area contributed by atoms with Crippen LogP contribution in [0.2, 0.25) is 0 Å². The van der Waals surface area contributed by atoms with Crippen LogP contribution in [0.4, 0.5) is 4.79 Å². The monoisotopic (exact) mass is 413 g/mol. The summed E-state index contributed by atoms with van der Waals surface area (Å²) in [6.07, 6.45) is 5.80. The third kappa shape index (κ3) is 3.87. The first-order valence-corrected chi connectivity index (χ1v) is 9.71. The van der Waals surface area contributed by atoms with E-state index in [0.717, 1.165) is 30.4 Å². The Bertz CT molecular complexity index is 669. The maximum Gasteiger partial charge on any atom is 0.410 e. The van der Waals surface area contributed by atoms with E-state index in [1.807, 2.05) is 43.5 Å². The summed E-state index contributed by atoms with van der Waals surface area (Å²) in [5.74, 6) is 0.700. The van der Waals surface area contributed by atoms with Crippen molar-refractivity contribution < 1.29 is 14.6 Å². The molecule has 140 valence electrons. The predicted octanol–water partition coefficient (Wildman–Crippen LogP) is 3.57. The van der Waals surface area contributed by atoms with Gasteiger partial charge in [0.2, 0.25) is 0 Å². The first-order chi connectivity index (χ1) is 11.5. The molecule has 6 nitrogen and oxygen atoms in total. The number of ether oxygens (including phenoxy) is 1. The minimum Gasteiger partial charge on any atom is -0.444 e. The SMILES string of the molecule is Cn1cc(Br)nc1C1(O)CCC2(CCCN(C(=O)OC(C)(C)C)C2)C1. The van der Waals surface area contributed by atoms with Crippen molar-refractivity contribution in [1.82, 2.24) is 14.5 Å². The molecule has 1 saturated carbocycles. The number of imidazole rings is 1. The van der Waals surface area contributed by atoms with E-state index in [4.69, 9.17) is 4.74 Å². The molecule has 1 aliphatic carbocycles. The third-order valence-corrected chi connectivity index (χ3v) is 5.69. The van der Waals surface area contributed by atoms with E-state index in [-0.39, 0.29) is 11.5 Å². The van der Waals surface area contributed by atoms with Gasteiger partial charge >= 0.3 is 6.09 Å². The summed E-state index contributed by atoms with van der Waals surface area (Å²) in [4.78, 5) is 18.7. The van der Waals surface area contributed by atoms with Gasteiger partial charge in [-0.25, -0.2) is 9.78 Å². The van der Waals surface area contributed by atoms with Crippen LogP contribution < -0.4 is 0 Å². The van der Waals surface area contributed by atoms with Crippen LogP contribution in [0.5, 0.6) is 0 Å². The normalized spacial score (nSPS) is 30.1. The van der Waals surface area contributed by atoms with Crippen molar-refractivity contribution >= 4 is 22.0 Å². The highest BCUT2D eigenvalue weighted by atomic mass is 79.9. The number of carbonyl (C=O) groups is 1. The molecule has 2 heterocycles. The number of halogens is 1. The molecule has 0 bridgehead atoms. The molecule has 2 aliphatic rings. The van der Waals surface area contributed by atoms with Crippen LogP contribution >= 0.6 is 15.9 Å². The van der Waals surface area contributed by atoms with Crippen LogP contribution in [0, 0.1) is 5.41 Å². The predicted molar refractivity (Wildman–Crippen MR) is 98.1 cm³/mol. The number of amides is 1. The number of aryl methyl sites for hydroxylation is 1. The average Bonchev–Trinajstić information content (AvgIpc) is 2.98.